The van der Waals surface area contributed by atoms with Gasteiger partial charge in [-0.1, -0.05) is 0 Å². The number of hydrogen-bond donors (Lipinski definition) is 4. The van der Waals surface area contributed by atoms with Gasteiger partial charge in [0.1, 0.15) is 0 Å². The molecular formula is C14H25N5O5. The predicted molar refractivity (Wildman–Crippen MR) is 88.1 cm³/mol. The first-order chi connectivity index (χ1) is 11.3. The second-order valence-electron chi connectivity index (χ2n) is 4.55. The minimum Gasteiger partial charge on any atom is -0.504 e. The molecule has 0 spiro atoms. The highest BCUT2D eigenvalue weighted by atomic mass is 16.7. The van der Waals surface area contributed by atoms with Gasteiger partial charge in [0.05, 0.1) is 0 Å². The van der Waals surface area contributed by atoms with Gasteiger partial charge < -0.3 is 30.9 Å². The monoisotopic (exact) mass is 343 g/mol. The smallest absolute Gasteiger partial charge is 0.411 e. The van der Waals surface area contributed by atoms with Crippen LogP contribution in [0.25, 0.3) is 0 Å². The highest BCUT2D eigenvalue weighted by Gasteiger charge is 2.20. The zero-order valence-corrected chi connectivity index (χ0v) is 14.3. The quantitative estimate of drug-likeness (QED) is 0.573. The number of ether oxygens (including phenoxy) is 2. The number of amides is 2. The second kappa shape index (κ2) is 11.8. The summed E-state index contributed by atoms with van der Waals surface area (Å²) in [5, 5.41) is 13.6. The number of pyridine rings is 1. The molecule has 0 saturated heterocycles. The van der Waals surface area contributed by atoms with Crippen LogP contribution in [0, 0.1) is 0 Å². The third-order valence-corrected chi connectivity index (χ3v) is 2.30. The van der Waals surface area contributed by atoms with E-state index in [4.69, 9.17) is 20.3 Å². The third kappa shape index (κ3) is 9.30. The van der Waals surface area contributed by atoms with Gasteiger partial charge in [-0.15, -0.1) is 0 Å². The van der Waals surface area contributed by atoms with Crippen LogP contribution in [-0.4, -0.2) is 60.8 Å². The fraction of sp³-hybridized carbons (Fsp3) is 0.500. The minimum atomic E-state index is -1.04. The van der Waals surface area contributed by atoms with Crippen LogP contribution < -0.4 is 16.4 Å². The lowest BCUT2D eigenvalue weighted by molar-refractivity contribution is -0.139. The predicted octanol–water partition coefficient (Wildman–Crippen LogP) is 0.693. The lowest BCUT2D eigenvalue weighted by Gasteiger charge is -2.23. The maximum Gasteiger partial charge on any atom is 0.411 e. The van der Waals surface area contributed by atoms with Gasteiger partial charge in [-0.25, -0.2) is 19.5 Å². The van der Waals surface area contributed by atoms with Crippen molar-refractivity contribution < 1.29 is 24.2 Å². The van der Waals surface area contributed by atoms with Crippen molar-refractivity contribution in [3.05, 3.63) is 18.3 Å². The number of carbonyl (C=O) groups is 2. The fourth-order valence-corrected chi connectivity index (χ4v) is 1.20. The van der Waals surface area contributed by atoms with E-state index in [1.54, 1.807) is 34.0 Å². The van der Waals surface area contributed by atoms with Crippen LogP contribution in [0.3, 0.4) is 0 Å². The van der Waals surface area contributed by atoms with Crippen LogP contribution in [0.1, 0.15) is 13.8 Å². The third-order valence-electron chi connectivity index (χ3n) is 2.30. The summed E-state index contributed by atoms with van der Waals surface area (Å²) in [6.07, 6.45) is -0.788. The van der Waals surface area contributed by atoms with Crippen LogP contribution >= 0.6 is 0 Å². The molecule has 2 amide bonds. The van der Waals surface area contributed by atoms with Gasteiger partial charge in [-0.05, 0) is 40.1 Å². The number of nitrogens with zero attached hydrogens (tertiary/aromatic N) is 2. The summed E-state index contributed by atoms with van der Waals surface area (Å²) in [6.45, 7) is 4.41. The number of rotatable bonds is 5. The number of anilines is 1. The molecule has 0 unspecified atom stereocenters. The lowest BCUT2D eigenvalue weighted by Crippen LogP contribution is -2.42. The van der Waals surface area contributed by atoms with Crippen LogP contribution in [0.15, 0.2) is 18.3 Å². The molecule has 0 aromatic carbocycles. The number of nitrogens with one attached hydrogen (secondary N) is 2. The summed E-state index contributed by atoms with van der Waals surface area (Å²) in [5.41, 5.74) is 5.16. The number of alkyl carbamates (subject to hydrolysis) is 2. The Balaban J connectivity index is 0.000000546. The average Bonchev–Trinajstić information content (AvgIpc) is 2.50. The number of hydrogen-bond acceptors (Lipinski definition) is 8. The van der Waals surface area contributed by atoms with Gasteiger partial charge in [0.15, 0.2) is 11.6 Å². The Hall–Kier alpha value is -2.75. The summed E-state index contributed by atoms with van der Waals surface area (Å²) in [5.74, 6) is 0.208. The zero-order valence-electron chi connectivity index (χ0n) is 14.3. The first-order valence-corrected chi connectivity index (χ1v) is 7.26. The van der Waals surface area contributed by atoms with Gasteiger partial charge in [0, 0.05) is 19.3 Å². The Kier molecular flexibility index (Phi) is 10.4. The molecule has 136 valence electrons. The summed E-state index contributed by atoms with van der Waals surface area (Å²) in [6, 6.07) is 3.11. The summed E-state index contributed by atoms with van der Waals surface area (Å²) >= 11 is 0. The standard InChI is InChI=1S/C9H19N3O4.C5H6N2O/c1-5-10-7(13)15-9(12(3)4)16-8(14)11-6-2;6-5-4(8)2-1-3-7-5/h9H,5-6H2,1-4H3,(H,10,13)(H,11,14);1-3,8H,(H2,6,7). The maximum absolute atomic E-state index is 11.1. The summed E-state index contributed by atoms with van der Waals surface area (Å²) in [4.78, 5) is 27.3. The van der Waals surface area contributed by atoms with Crippen molar-refractivity contribution in [3.63, 3.8) is 0 Å². The van der Waals surface area contributed by atoms with Crippen molar-refractivity contribution in [1.29, 1.82) is 0 Å². The van der Waals surface area contributed by atoms with Crippen LogP contribution in [-0.2, 0) is 9.47 Å². The maximum atomic E-state index is 11.1. The number of carbonyl (C=O) groups excluding carboxylic acids is 2. The molecule has 0 bridgehead atoms. The molecule has 5 N–H and O–H groups in total. The van der Waals surface area contributed by atoms with Crippen molar-refractivity contribution >= 4 is 18.0 Å². The Bertz CT molecular complexity index is 471. The van der Waals surface area contributed by atoms with E-state index in [1.807, 2.05) is 0 Å². The number of aromatic nitrogens is 1. The molecule has 1 rings (SSSR count). The van der Waals surface area contributed by atoms with Gasteiger partial charge in [-0.3, -0.25) is 0 Å². The molecular weight excluding hydrogens is 318 g/mol. The van der Waals surface area contributed by atoms with Crippen LogP contribution in [0.4, 0.5) is 15.4 Å². The molecule has 10 nitrogen and oxygen atoms in total. The molecule has 0 atom stereocenters. The number of nitrogen functional groups attached to an aromatic ring is 1. The molecule has 1 aromatic rings. The van der Waals surface area contributed by atoms with E-state index >= 15 is 0 Å². The van der Waals surface area contributed by atoms with Gasteiger partial charge in [0.2, 0.25) is 0 Å². The second-order valence-corrected chi connectivity index (χ2v) is 4.55. The molecule has 0 aliphatic rings. The molecule has 0 aliphatic carbocycles. The lowest BCUT2D eigenvalue weighted by atomic mass is 10.4. The molecule has 0 saturated carbocycles. The Morgan fingerprint density at radius 2 is 1.75 bits per heavy atom. The molecule has 1 aromatic heterocycles. The van der Waals surface area contributed by atoms with E-state index in [0.717, 1.165) is 0 Å². The average molecular weight is 343 g/mol. The normalized spacial score (nSPS) is 9.75. The van der Waals surface area contributed by atoms with E-state index in [-0.39, 0.29) is 11.6 Å². The van der Waals surface area contributed by atoms with Gasteiger partial charge in [0.25, 0.3) is 0 Å². The number of aromatic hydroxyl groups is 1. The SMILES string of the molecule is CCNC(=O)OC(OC(=O)NCC)N(C)C.Nc1ncccc1O. The zero-order chi connectivity index (χ0) is 18.5. The van der Waals surface area contributed by atoms with Crippen LogP contribution in [0.5, 0.6) is 5.75 Å². The largest absolute Gasteiger partial charge is 0.504 e. The van der Waals surface area contributed by atoms with Gasteiger partial charge >= 0.3 is 18.6 Å². The first-order valence-electron chi connectivity index (χ1n) is 7.26. The molecule has 0 aliphatic heterocycles. The number of nitrogens with two attached hydrogens (primary N) is 1. The van der Waals surface area contributed by atoms with Crippen molar-refractivity contribution in [1.82, 2.24) is 20.5 Å². The first kappa shape index (κ1) is 21.2. The topological polar surface area (TPSA) is 139 Å². The van der Waals surface area contributed by atoms with Crippen molar-refractivity contribution in [2.75, 3.05) is 32.9 Å². The molecule has 0 fully saturated rings. The van der Waals surface area contributed by atoms with Crippen LogP contribution in [0.2, 0.25) is 0 Å². The van der Waals surface area contributed by atoms with Crippen molar-refractivity contribution in [2.24, 2.45) is 0 Å². The minimum absolute atomic E-state index is 0.0347. The Labute approximate surface area is 140 Å². The fourth-order valence-electron chi connectivity index (χ4n) is 1.20. The molecule has 0 radical (unpaired) electrons. The van der Waals surface area contributed by atoms with Gasteiger partial charge in [-0.2, -0.15) is 0 Å². The highest BCUT2D eigenvalue weighted by molar-refractivity contribution is 5.69. The van der Waals surface area contributed by atoms with Crippen molar-refractivity contribution in [3.8, 4) is 5.75 Å². The summed E-state index contributed by atoms with van der Waals surface area (Å²) < 4.78 is 9.72. The van der Waals surface area contributed by atoms with Crippen molar-refractivity contribution in [2.45, 2.75) is 20.3 Å². The van der Waals surface area contributed by atoms with E-state index < -0.39 is 18.6 Å². The Morgan fingerprint density at radius 3 is 2.04 bits per heavy atom. The molecule has 1 heterocycles. The van der Waals surface area contributed by atoms with E-state index in [1.165, 1.54) is 17.2 Å². The van der Waals surface area contributed by atoms with E-state index in [2.05, 4.69) is 15.6 Å². The van der Waals surface area contributed by atoms with E-state index in [0.29, 0.717) is 13.1 Å². The summed E-state index contributed by atoms with van der Waals surface area (Å²) in [7, 11) is 3.26. The molecule has 10 heteroatoms. The highest BCUT2D eigenvalue weighted by Crippen LogP contribution is 2.12. The Morgan fingerprint density at radius 1 is 1.25 bits per heavy atom. The van der Waals surface area contributed by atoms with E-state index in [9.17, 15) is 9.59 Å². The molecule has 24 heavy (non-hydrogen) atoms.